The van der Waals surface area contributed by atoms with Crippen molar-refractivity contribution in [2.24, 2.45) is 0 Å². The van der Waals surface area contributed by atoms with Crippen LogP contribution in [-0.4, -0.2) is 4.57 Å². The molecule has 3 aromatic rings. The van der Waals surface area contributed by atoms with Gasteiger partial charge in [0.05, 0.1) is 0 Å². The molecule has 0 radical (unpaired) electrons. The number of fused-ring (bicyclic) bond motifs is 2. The van der Waals surface area contributed by atoms with E-state index in [1.165, 1.54) is 42.0 Å². The van der Waals surface area contributed by atoms with Gasteiger partial charge in [-0.3, -0.25) is 0 Å². The minimum Gasteiger partial charge on any atom is -0.347 e. The Morgan fingerprint density at radius 1 is 0.850 bits per heavy atom. The Hall–Kier alpha value is -2.02. The standard InChI is InChI=1S/C19H19N/c1-3-10-18-15(6-1)8-5-9-17(18)14-20-13-12-16-7-2-4-11-19(16)20/h1,3,5-6,8-10,12-13H,2,4,7,11,14H2. The van der Waals surface area contributed by atoms with Crippen molar-refractivity contribution in [3.8, 4) is 0 Å². The van der Waals surface area contributed by atoms with E-state index in [1.807, 2.05) is 0 Å². The average Bonchev–Trinajstić information content (AvgIpc) is 2.91. The largest absolute Gasteiger partial charge is 0.347 e. The lowest BCUT2D eigenvalue weighted by Gasteiger charge is -2.16. The van der Waals surface area contributed by atoms with Gasteiger partial charge in [0.25, 0.3) is 0 Å². The monoisotopic (exact) mass is 261 g/mol. The zero-order chi connectivity index (χ0) is 13.4. The summed E-state index contributed by atoms with van der Waals surface area (Å²) in [7, 11) is 0. The van der Waals surface area contributed by atoms with Gasteiger partial charge < -0.3 is 4.57 Å². The molecule has 1 aliphatic carbocycles. The highest BCUT2D eigenvalue weighted by Gasteiger charge is 2.14. The molecule has 0 N–H and O–H groups in total. The van der Waals surface area contributed by atoms with Crippen LogP contribution in [0.5, 0.6) is 0 Å². The molecule has 0 saturated heterocycles. The summed E-state index contributed by atoms with van der Waals surface area (Å²) in [6.07, 6.45) is 7.47. The molecule has 100 valence electrons. The molecule has 0 bridgehead atoms. The Labute approximate surface area is 119 Å². The summed E-state index contributed by atoms with van der Waals surface area (Å²) in [6.45, 7) is 0.997. The molecule has 0 amide bonds. The van der Waals surface area contributed by atoms with Gasteiger partial charge in [0.2, 0.25) is 0 Å². The van der Waals surface area contributed by atoms with Gasteiger partial charge in [-0.05, 0) is 53.6 Å². The lowest BCUT2D eigenvalue weighted by atomic mass is 9.98. The Balaban J connectivity index is 1.76. The lowest BCUT2D eigenvalue weighted by Crippen LogP contribution is -2.09. The van der Waals surface area contributed by atoms with Gasteiger partial charge in [-0.2, -0.15) is 0 Å². The molecule has 0 unspecified atom stereocenters. The molecule has 4 rings (SSSR count). The molecule has 0 saturated carbocycles. The fourth-order valence-corrected chi connectivity index (χ4v) is 3.45. The van der Waals surface area contributed by atoms with Gasteiger partial charge in [-0.15, -0.1) is 0 Å². The second-order valence-electron chi connectivity index (χ2n) is 5.76. The van der Waals surface area contributed by atoms with E-state index >= 15 is 0 Å². The van der Waals surface area contributed by atoms with Crippen molar-refractivity contribution in [2.75, 3.05) is 0 Å². The van der Waals surface area contributed by atoms with Gasteiger partial charge >= 0.3 is 0 Å². The summed E-state index contributed by atoms with van der Waals surface area (Å²) in [5, 5.41) is 2.72. The molecule has 2 aromatic carbocycles. The molecule has 0 spiro atoms. The first-order valence-corrected chi connectivity index (χ1v) is 7.55. The predicted molar refractivity (Wildman–Crippen MR) is 84.1 cm³/mol. The second-order valence-corrected chi connectivity index (χ2v) is 5.76. The Morgan fingerprint density at radius 2 is 1.70 bits per heavy atom. The number of nitrogens with zero attached hydrogens (tertiary/aromatic N) is 1. The molecule has 1 nitrogen and oxygen atoms in total. The van der Waals surface area contributed by atoms with Crippen LogP contribution in [0.3, 0.4) is 0 Å². The molecular formula is C19H19N. The Bertz CT molecular complexity index is 746. The maximum absolute atomic E-state index is 2.45. The predicted octanol–water partition coefficient (Wildman–Crippen LogP) is 4.57. The molecule has 1 aromatic heterocycles. The van der Waals surface area contributed by atoms with Crippen LogP contribution in [-0.2, 0) is 19.4 Å². The van der Waals surface area contributed by atoms with Crippen molar-refractivity contribution in [3.63, 3.8) is 0 Å². The third-order valence-electron chi connectivity index (χ3n) is 4.50. The highest BCUT2D eigenvalue weighted by molar-refractivity contribution is 5.85. The van der Waals surface area contributed by atoms with Crippen molar-refractivity contribution in [1.82, 2.24) is 4.57 Å². The number of aromatic nitrogens is 1. The van der Waals surface area contributed by atoms with Crippen LogP contribution in [0.4, 0.5) is 0 Å². The number of hydrogen-bond acceptors (Lipinski definition) is 0. The van der Waals surface area contributed by atoms with E-state index in [2.05, 4.69) is 59.3 Å². The Kier molecular flexibility index (Phi) is 2.84. The number of benzene rings is 2. The van der Waals surface area contributed by atoms with E-state index in [9.17, 15) is 0 Å². The van der Waals surface area contributed by atoms with Crippen LogP contribution in [0.15, 0.2) is 54.7 Å². The molecule has 1 aliphatic rings. The van der Waals surface area contributed by atoms with E-state index in [0.29, 0.717) is 0 Å². The highest BCUT2D eigenvalue weighted by atomic mass is 15.0. The van der Waals surface area contributed by atoms with E-state index in [-0.39, 0.29) is 0 Å². The van der Waals surface area contributed by atoms with Gasteiger partial charge in [0.15, 0.2) is 0 Å². The van der Waals surface area contributed by atoms with Crippen LogP contribution < -0.4 is 0 Å². The van der Waals surface area contributed by atoms with E-state index < -0.39 is 0 Å². The zero-order valence-electron chi connectivity index (χ0n) is 11.7. The molecule has 0 fully saturated rings. The van der Waals surface area contributed by atoms with Crippen LogP contribution in [0.25, 0.3) is 10.8 Å². The highest BCUT2D eigenvalue weighted by Crippen LogP contribution is 2.25. The van der Waals surface area contributed by atoms with Crippen molar-refractivity contribution < 1.29 is 0 Å². The molecule has 0 atom stereocenters. The zero-order valence-corrected chi connectivity index (χ0v) is 11.7. The summed E-state index contributed by atoms with van der Waals surface area (Å²) < 4.78 is 2.45. The lowest BCUT2D eigenvalue weighted by molar-refractivity contribution is 0.632. The minimum atomic E-state index is 0.997. The number of hydrogen-bond donors (Lipinski definition) is 0. The average molecular weight is 261 g/mol. The SMILES string of the molecule is c1ccc2c(Cn3ccc4c3CCCC4)cccc2c1. The minimum absolute atomic E-state index is 0.997. The summed E-state index contributed by atoms with van der Waals surface area (Å²) in [5.41, 5.74) is 4.55. The second kappa shape index (κ2) is 4.82. The van der Waals surface area contributed by atoms with Crippen molar-refractivity contribution in [3.05, 3.63) is 71.5 Å². The van der Waals surface area contributed by atoms with E-state index in [0.717, 1.165) is 6.54 Å². The normalized spacial score (nSPS) is 14.4. The first-order valence-electron chi connectivity index (χ1n) is 7.55. The molecule has 1 heteroatoms. The fraction of sp³-hybridized carbons (Fsp3) is 0.263. The van der Waals surface area contributed by atoms with Crippen LogP contribution >= 0.6 is 0 Å². The van der Waals surface area contributed by atoms with Gasteiger partial charge in [-0.25, -0.2) is 0 Å². The topological polar surface area (TPSA) is 4.93 Å². The maximum atomic E-state index is 2.45. The molecule has 0 aliphatic heterocycles. The first kappa shape index (κ1) is 11.8. The van der Waals surface area contributed by atoms with Crippen LogP contribution in [0.2, 0.25) is 0 Å². The van der Waals surface area contributed by atoms with Crippen molar-refractivity contribution in [1.29, 1.82) is 0 Å². The van der Waals surface area contributed by atoms with E-state index in [4.69, 9.17) is 0 Å². The summed E-state index contributed by atoms with van der Waals surface area (Å²) in [6, 6.07) is 17.6. The first-order chi connectivity index (χ1) is 9.92. The maximum Gasteiger partial charge on any atom is 0.0479 e. The third-order valence-corrected chi connectivity index (χ3v) is 4.50. The van der Waals surface area contributed by atoms with Gasteiger partial charge in [0.1, 0.15) is 0 Å². The van der Waals surface area contributed by atoms with Crippen LogP contribution in [0, 0.1) is 0 Å². The van der Waals surface area contributed by atoms with Gasteiger partial charge in [-0.1, -0.05) is 42.5 Å². The molecule has 20 heavy (non-hydrogen) atoms. The number of aryl methyl sites for hydroxylation is 1. The third kappa shape index (κ3) is 1.94. The fourth-order valence-electron chi connectivity index (χ4n) is 3.45. The van der Waals surface area contributed by atoms with Crippen molar-refractivity contribution >= 4 is 10.8 Å². The molecule has 1 heterocycles. The molecular weight excluding hydrogens is 242 g/mol. The summed E-state index contributed by atoms with van der Waals surface area (Å²) in [5.74, 6) is 0. The summed E-state index contributed by atoms with van der Waals surface area (Å²) in [4.78, 5) is 0. The number of rotatable bonds is 2. The summed E-state index contributed by atoms with van der Waals surface area (Å²) >= 11 is 0. The van der Waals surface area contributed by atoms with Gasteiger partial charge in [0, 0.05) is 18.4 Å². The quantitative estimate of drug-likeness (QED) is 0.637. The van der Waals surface area contributed by atoms with Crippen LogP contribution in [0.1, 0.15) is 29.7 Å². The Morgan fingerprint density at radius 3 is 2.70 bits per heavy atom. The van der Waals surface area contributed by atoms with Crippen molar-refractivity contribution in [2.45, 2.75) is 32.2 Å². The van der Waals surface area contributed by atoms with E-state index in [1.54, 1.807) is 11.3 Å². The smallest absolute Gasteiger partial charge is 0.0479 e.